The molecule has 0 saturated carbocycles. The Kier molecular flexibility index (Phi) is 8.21. The highest BCUT2D eigenvalue weighted by molar-refractivity contribution is 14.0. The maximum Gasteiger partial charge on any atom is 0.191 e. The molecule has 1 aliphatic rings. The van der Waals surface area contributed by atoms with Crippen LogP contribution in [0.1, 0.15) is 18.9 Å². The molecule has 0 radical (unpaired) electrons. The van der Waals surface area contributed by atoms with E-state index in [2.05, 4.69) is 57.9 Å². The molecule has 2 heterocycles. The molecule has 26 heavy (non-hydrogen) atoms. The zero-order chi connectivity index (χ0) is 17.5. The van der Waals surface area contributed by atoms with Crippen LogP contribution in [0.2, 0.25) is 0 Å². The van der Waals surface area contributed by atoms with E-state index in [1.807, 2.05) is 24.1 Å². The van der Waals surface area contributed by atoms with Crippen molar-refractivity contribution in [1.29, 1.82) is 0 Å². The third-order valence-electron chi connectivity index (χ3n) is 4.42. The largest absolute Gasteiger partial charge is 0.369 e. The maximum absolute atomic E-state index is 4.72. The smallest absolute Gasteiger partial charge is 0.191 e. The number of para-hydroxylation sites is 1. The zero-order valence-corrected chi connectivity index (χ0v) is 17.9. The molecular weight excluding hydrogens is 439 g/mol. The van der Waals surface area contributed by atoms with Gasteiger partial charge in [-0.25, -0.2) is 0 Å². The lowest BCUT2D eigenvalue weighted by Gasteiger charge is -2.20. The molecule has 0 spiro atoms. The van der Waals surface area contributed by atoms with Gasteiger partial charge in [-0.1, -0.05) is 18.2 Å². The summed E-state index contributed by atoms with van der Waals surface area (Å²) < 4.78 is 1.83. The standard InChI is InChI=1S/C19H28N6.HI/c1-3-20-19(21-11-9-16-13-22-24(2)14-16)23-17-10-12-25(15-17)18-7-5-4-6-8-18;/h4-8,13-14,17H,3,9-12,15H2,1-2H3,(H2,20,21,23);1H. The number of aliphatic imine (C=N–C) groups is 1. The first-order valence-electron chi connectivity index (χ1n) is 9.07. The zero-order valence-electron chi connectivity index (χ0n) is 15.6. The Morgan fingerprint density at radius 1 is 1.31 bits per heavy atom. The van der Waals surface area contributed by atoms with Crippen molar-refractivity contribution in [1.82, 2.24) is 20.4 Å². The van der Waals surface area contributed by atoms with E-state index in [1.165, 1.54) is 11.3 Å². The lowest BCUT2D eigenvalue weighted by Crippen LogP contribution is -2.44. The molecule has 6 nitrogen and oxygen atoms in total. The Morgan fingerprint density at radius 2 is 2.12 bits per heavy atom. The predicted molar refractivity (Wildman–Crippen MR) is 119 cm³/mol. The van der Waals surface area contributed by atoms with Gasteiger partial charge < -0.3 is 15.5 Å². The molecule has 142 valence electrons. The number of rotatable bonds is 6. The highest BCUT2D eigenvalue weighted by atomic mass is 127. The van der Waals surface area contributed by atoms with E-state index in [1.54, 1.807) is 0 Å². The van der Waals surface area contributed by atoms with E-state index in [4.69, 9.17) is 4.99 Å². The van der Waals surface area contributed by atoms with Crippen LogP contribution in [0.4, 0.5) is 5.69 Å². The number of nitrogens with zero attached hydrogens (tertiary/aromatic N) is 4. The third kappa shape index (κ3) is 5.89. The molecule has 0 aliphatic carbocycles. The number of hydrogen-bond donors (Lipinski definition) is 2. The summed E-state index contributed by atoms with van der Waals surface area (Å²) in [5, 5.41) is 11.1. The Labute approximate surface area is 173 Å². The number of nitrogens with one attached hydrogen (secondary N) is 2. The highest BCUT2D eigenvalue weighted by Gasteiger charge is 2.23. The number of aryl methyl sites for hydroxylation is 1. The second-order valence-corrected chi connectivity index (χ2v) is 6.44. The molecule has 2 aromatic rings. The van der Waals surface area contributed by atoms with Crippen molar-refractivity contribution < 1.29 is 0 Å². The SMILES string of the molecule is CCNC(=NCCc1cnn(C)c1)NC1CCN(c2ccccc2)C1.I. The van der Waals surface area contributed by atoms with Crippen molar-refractivity contribution in [3.63, 3.8) is 0 Å². The minimum Gasteiger partial charge on any atom is -0.369 e. The van der Waals surface area contributed by atoms with Gasteiger partial charge in [0, 0.05) is 51.2 Å². The molecule has 1 aliphatic heterocycles. The number of aromatic nitrogens is 2. The van der Waals surface area contributed by atoms with Gasteiger partial charge in [0.15, 0.2) is 5.96 Å². The van der Waals surface area contributed by atoms with E-state index >= 15 is 0 Å². The molecule has 2 N–H and O–H groups in total. The van der Waals surface area contributed by atoms with Gasteiger partial charge in [0.1, 0.15) is 0 Å². The fourth-order valence-corrected chi connectivity index (χ4v) is 3.16. The topological polar surface area (TPSA) is 57.5 Å². The van der Waals surface area contributed by atoms with Crippen LogP contribution in [0.15, 0.2) is 47.7 Å². The van der Waals surface area contributed by atoms with Crippen LogP contribution in [0.3, 0.4) is 0 Å². The quantitative estimate of drug-likeness (QED) is 0.389. The van der Waals surface area contributed by atoms with Gasteiger partial charge >= 0.3 is 0 Å². The maximum atomic E-state index is 4.72. The fraction of sp³-hybridized carbons (Fsp3) is 0.474. The molecule has 1 fully saturated rings. The minimum atomic E-state index is 0. The summed E-state index contributed by atoms with van der Waals surface area (Å²) in [5.41, 5.74) is 2.52. The molecule has 3 rings (SSSR count). The Balaban J connectivity index is 0.00000243. The predicted octanol–water partition coefficient (Wildman–Crippen LogP) is 2.41. The van der Waals surface area contributed by atoms with Crippen LogP contribution in [-0.2, 0) is 13.5 Å². The first-order chi connectivity index (χ1) is 12.2. The monoisotopic (exact) mass is 468 g/mol. The normalized spacial score (nSPS) is 17.1. The lowest BCUT2D eigenvalue weighted by atomic mass is 10.2. The van der Waals surface area contributed by atoms with Crippen molar-refractivity contribution in [2.75, 3.05) is 31.1 Å². The number of hydrogen-bond acceptors (Lipinski definition) is 3. The second-order valence-electron chi connectivity index (χ2n) is 6.44. The van der Waals surface area contributed by atoms with E-state index < -0.39 is 0 Å². The Bertz CT molecular complexity index is 684. The van der Waals surface area contributed by atoms with Crippen LogP contribution >= 0.6 is 24.0 Å². The summed E-state index contributed by atoms with van der Waals surface area (Å²) in [4.78, 5) is 7.15. The molecule has 0 bridgehead atoms. The van der Waals surface area contributed by atoms with Crippen molar-refractivity contribution in [2.24, 2.45) is 12.0 Å². The molecule has 1 unspecified atom stereocenters. The average molecular weight is 468 g/mol. The number of halogens is 1. The van der Waals surface area contributed by atoms with E-state index in [9.17, 15) is 0 Å². The van der Waals surface area contributed by atoms with Crippen LogP contribution in [0.25, 0.3) is 0 Å². The summed E-state index contributed by atoms with van der Waals surface area (Å²) in [6, 6.07) is 11.0. The lowest BCUT2D eigenvalue weighted by molar-refractivity contribution is 0.649. The number of benzene rings is 1. The Hall–Kier alpha value is -1.77. The van der Waals surface area contributed by atoms with Crippen LogP contribution in [-0.4, -0.2) is 48.0 Å². The molecular formula is C19H29IN6. The van der Waals surface area contributed by atoms with Gasteiger partial charge in [0.2, 0.25) is 0 Å². The minimum absolute atomic E-state index is 0. The van der Waals surface area contributed by atoms with Crippen molar-refractivity contribution in [3.8, 4) is 0 Å². The van der Waals surface area contributed by atoms with Crippen molar-refractivity contribution in [3.05, 3.63) is 48.3 Å². The van der Waals surface area contributed by atoms with Crippen LogP contribution in [0, 0.1) is 0 Å². The summed E-state index contributed by atoms with van der Waals surface area (Å²) in [7, 11) is 1.94. The summed E-state index contributed by atoms with van der Waals surface area (Å²) in [6.45, 7) is 5.82. The van der Waals surface area contributed by atoms with Crippen molar-refractivity contribution in [2.45, 2.75) is 25.8 Å². The van der Waals surface area contributed by atoms with E-state index in [0.717, 1.165) is 45.0 Å². The number of anilines is 1. The molecule has 1 aromatic heterocycles. The van der Waals surface area contributed by atoms with E-state index in [-0.39, 0.29) is 24.0 Å². The van der Waals surface area contributed by atoms with Crippen LogP contribution < -0.4 is 15.5 Å². The van der Waals surface area contributed by atoms with Gasteiger partial charge in [-0.05, 0) is 37.5 Å². The van der Waals surface area contributed by atoms with Crippen molar-refractivity contribution >= 4 is 35.6 Å². The van der Waals surface area contributed by atoms with Crippen LogP contribution in [0.5, 0.6) is 0 Å². The van der Waals surface area contributed by atoms with E-state index in [0.29, 0.717) is 6.04 Å². The molecule has 1 aromatic carbocycles. The first kappa shape index (κ1) is 20.5. The van der Waals surface area contributed by atoms with Gasteiger partial charge in [0.05, 0.1) is 6.20 Å². The summed E-state index contributed by atoms with van der Waals surface area (Å²) in [5.74, 6) is 0.909. The van der Waals surface area contributed by atoms with Gasteiger partial charge in [0.25, 0.3) is 0 Å². The second kappa shape index (κ2) is 10.4. The van der Waals surface area contributed by atoms with Gasteiger partial charge in [-0.15, -0.1) is 24.0 Å². The van der Waals surface area contributed by atoms with Gasteiger partial charge in [-0.3, -0.25) is 9.67 Å². The average Bonchev–Trinajstić information content (AvgIpc) is 3.25. The third-order valence-corrected chi connectivity index (χ3v) is 4.42. The summed E-state index contributed by atoms with van der Waals surface area (Å²) >= 11 is 0. The Morgan fingerprint density at radius 3 is 2.81 bits per heavy atom. The molecule has 1 atom stereocenters. The highest BCUT2D eigenvalue weighted by Crippen LogP contribution is 2.19. The fourth-order valence-electron chi connectivity index (χ4n) is 3.16. The number of guanidine groups is 1. The summed E-state index contributed by atoms with van der Waals surface area (Å²) in [6.07, 6.45) is 5.99. The molecule has 0 amide bonds. The van der Waals surface area contributed by atoms with Gasteiger partial charge in [-0.2, -0.15) is 5.10 Å². The molecule has 1 saturated heterocycles. The molecule has 7 heteroatoms. The first-order valence-corrected chi connectivity index (χ1v) is 9.07.